The summed E-state index contributed by atoms with van der Waals surface area (Å²) in [7, 11) is 0. The lowest BCUT2D eigenvalue weighted by Crippen LogP contribution is -2.37. The maximum Gasteiger partial charge on any atom is 0.0979 e. The Balaban J connectivity index is 2.16. The summed E-state index contributed by atoms with van der Waals surface area (Å²) in [6, 6.07) is 8.45. The second-order valence-corrected chi connectivity index (χ2v) is 7.81. The van der Waals surface area contributed by atoms with E-state index in [1.54, 1.807) is 0 Å². The van der Waals surface area contributed by atoms with Gasteiger partial charge in [0.1, 0.15) is 0 Å². The molecule has 0 heterocycles. The van der Waals surface area contributed by atoms with Crippen molar-refractivity contribution in [3.8, 4) is 0 Å². The van der Waals surface area contributed by atoms with Crippen LogP contribution in [0.1, 0.15) is 64.2 Å². The van der Waals surface area contributed by atoms with E-state index >= 15 is 0 Å². The highest BCUT2D eigenvalue weighted by Crippen LogP contribution is 2.41. The van der Waals surface area contributed by atoms with Crippen molar-refractivity contribution >= 4 is 0 Å². The van der Waals surface area contributed by atoms with Gasteiger partial charge in [0.05, 0.1) is 12.2 Å². The Bertz CT molecular complexity index is 466. The molecule has 0 bridgehead atoms. The third-order valence-corrected chi connectivity index (χ3v) is 4.66. The first-order valence-corrected chi connectivity index (χ1v) is 8.25. The zero-order valence-electron chi connectivity index (χ0n) is 14.2. The number of ether oxygens (including phenoxy) is 1. The summed E-state index contributed by atoms with van der Waals surface area (Å²) >= 11 is 0. The van der Waals surface area contributed by atoms with E-state index in [1.165, 1.54) is 17.5 Å². The van der Waals surface area contributed by atoms with E-state index in [1.807, 2.05) is 0 Å². The van der Waals surface area contributed by atoms with E-state index in [4.69, 9.17) is 10.5 Å². The number of benzene rings is 1. The molecule has 1 aliphatic rings. The van der Waals surface area contributed by atoms with Crippen LogP contribution in [0.5, 0.6) is 0 Å². The molecule has 0 aliphatic heterocycles. The molecule has 0 aromatic heterocycles. The van der Waals surface area contributed by atoms with Gasteiger partial charge in [-0.05, 0) is 55.6 Å². The molecule has 118 valence electrons. The van der Waals surface area contributed by atoms with Gasteiger partial charge in [-0.25, -0.2) is 0 Å². The van der Waals surface area contributed by atoms with Crippen molar-refractivity contribution in [3.63, 3.8) is 0 Å². The van der Waals surface area contributed by atoms with Gasteiger partial charge >= 0.3 is 0 Å². The zero-order valence-corrected chi connectivity index (χ0v) is 14.2. The SMILES string of the molecule is Cc1ccccc1C(OC1CC(C)CC(C)(C)C1)C(C)N. The molecule has 2 N–H and O–H groups in total. The second-order valence-electron chi connectivity index (χ2n) is 7.81. The molecular formula is C19H31NO. The Kier molecular flexibility index (Phi) is 5.11. The normalized spacial score (nSPS) is 28.1. The van der Waals surface area contributed by atoms with Crippen LogP contribution in [-0.4, -0.2) is 12.1 Å². The number of rotatable bonds is 4. The van der Waals surface area contributed by atoms with E-state index < -0.39 is 0 Å². The molecule has 1 saturated carbocycles. The fraction of sp³-hybridized carbons (Fsp3) is 0.684. The fourth-order valence-corrected chi connectivity index (χ4v) is 3.96. The highest BCUT2D eigenvalue weighted by molar-refractivity contribution is 5.28. The lowest BCUT2D eigenvalue weighted by molar-refractivity contribution is -0.0740. The van der Waals surface area contributed by atoms with Crippen LogP contribution in [-0.2, 0) is 4.74 Å². The van der Waals surface area contributed by atoms with E-state index in [-0.39, 0.29) is 12.1 Å². The molecule has 1 aliphatic carbocycles. The van der Waals surface area contributed by atoms with Crippen molar-refractivity contribution in [2.75, 3.05) is 0 Å². The third-order valence-electron chi connectivity index (χ3n) is 4.66. The Morgan fingerprint density at radius 1 is 1.24 bits per heavy atom. The standard InChI is InChI=1S/C19H31NO/c1-13-10-16(12-19(4,5)11-13)21-18(15(3)20)17-9-7-6-8-14(17)2/h6-9,13,15-16,18H,10-12,20H2,1-5H3. The highest BCUT2D eigenvalue weighted by atomic mass is 16.5. The number of aryl methyl sites for hydroxylation is 1. The monoisotopic (exact) mass is 289 g/mol. The first-order chi connectivity index (χ1) is 9.78. The second kappa shape index (κ2) is 6.50. The van der Waals surface area contributed by atoms with Crippen LogP contribution in [0.3, 0.4) is 0 Å². The van der Waals surface area contributed by atoms with Crippen LogP contribution in [0.25, 0.3) is 0 Å². The molecule has 1 aromatic carbocycles. The van der Waals surface area contributed by atoms with Gasteiger partial charge in [-0.2, -0.15) is 0 Å². The van der Waals surface area contributed by atoms with Gasteiger partial charge < -0.3 is 10.5 Å². The number of hydrogen-bond donors (Lipinski definition) is 1. The van der Waals surface area contributed by atoms with Crippen LogP contribution in [0.2, 0.25) is 0 Å². The van der Waals surface area contributed by atoms with E-state index in [2.05, 4.69) is 58.9 Å². The summed E-state index contributed by atoms with van der Waals surface area (Å²) in [5, 5.41) is 0. The first kappa shape index (κ1) is 16.5. The zero-order chi connectivity index (χ0) is 15.6. The Morgan fingerprint density at radius 3 is 2.48 bits per heavy atom. The lowest BCUT2D eigenvalue weighted by atomic mass is 9.71. The van der Waals surface area contributed by atoms with Crippen LogP contribution < -0.4 is 5.73 Å². The van der Waals surface area contributed by atoms with E-state index in [0.29, 0.717) is 11.5 Å². The molecule has 0 saturated heterocycles. The first-order valence-electron chi connectivity index (χ1n) is 8.25. The van der Waals surface area contributed by atoms with Gasteiger partial charge in [-0.15, -0.1) is 0 Å². The number of nitrogens with two attached hydrogens (primary N) is 1. The van der Waals surface area contributed by atoms with Crippen LogP contribution in [0.4, 0.5) is 0 Å². The average Bonchev–Trinajstić information content (AvgIpc) is 2.34. The minimum Gasteiger partial charge on any atom is -0.369 e. The van der Waals surface area contributed by atoms with Crippen molar-refractivity contribution < 1.29 is 4.74 Å². The van der Waals surface area contributed by atoms with Crippen LogP contribution in [0, 0.1) is 18.3 Å². The summed E-state index contributed by atoms with van der Waals surface area (Å²) in [5.74, 6) is 0.726. The highest BCUT2D eigenvalue weighted by Gasteiger charge is 2.34. The molecule has 0 spiro atoms. The smallest absolute Gasteiger partial charge is 0.0979 e. The summed E-state index contributed by atoms with van der Waals surface area (Å²) in [6.45, 7) is 11.2. The molecule has 4 atom stereocenters. The third kappa shape index (κ3) is 4.31. The molecule has 2 heteroatoms. The van der Waals surface area contributed by atoms with Gasteiger partial charge in [-0.1, -0.05) is 45.0 Å². The Labute approximate surface area is 130 Å². The summed E-state index contributed by atoms with van der Waals surface area (Å²) in [4.78, 5) is 0. The van der Waals surface area contributed by atoms with Gasteiger partial charge in [-0.3, -0.25) is 0 Å². The molecule has 21 heavy (non-hydrogen) atoms. The predicted octanol–water partition coefficient (Wildman–Crippen LogP) is 4.61. The van der Waals surface area contributed by atoms with Crippen molar-refractivity contribution in [1.29, 1.82) is 0 Å². The summed E-state index contributed by atoms with van der Waals surface area (Å²) in [6.07, 6.45) is 3.89. The topological polar surface area (TPSA) is 35.2 Å². The molecule has 1 aromatic rings. The maximum atomic E-state index is 6.50. The van der Waals surface area contributed by atoms with Crippen LogP contribution in [0.15, 0.2) is 24.3 Å². The van der Waals surface area contributed by atoms with Crippen molar-refractivity contribution in [1.82, 2.24) is 0 Å². The molecule has 0 radical (unpaired) electrons. The minimum atomic E-state index is -0.00250. The van der Waals surface area contributed by atoms with Gasteiger partial charge in [0.2, 0.25) is 0 Å². The average molecular weight is 289 g/mol. The van der Waals surface area contributed by atoms with Crippen molar-refractivity contribution in [3.05, 3.63) is 35.4 Å². The predicted molar refractivity (Wildman–Crippen MR) is 89.2 cm³/mol. The van der Waals surface area contributed by atoms with Crippen LogP contribution >= 0.6 is 0 Å². The largest absolute Gasteiger partial charge is 0.369 e. The molecular weight excluding hydrogens is 258 g/mol. The van der Waals surface area contributed by atoms with Gasteiger partial charge in [0, 0.05) is 6.04 Å². The molecule has 4 unspecified atom stereocenters. The van der Waals surface area contributed by atoms with E-state index in [0.717, 1.165) is 18.8 Å². The quantitative estimate of drug-likeness (QED) is 0.878. The lowest BCUT2D eigenvalue weighted by Gasteiger charge is -2.41. The van der Waals surface area contributed by atoms with Crippen molar-refractivity contribution in [2.45, 2.75) is 72.1 Å². The minimum absolute atomic E-state index is 0.00250. The molecule has 1 fully saturated rings. The maximum absolute atomic E-state index is 6.50. The molecule has 2 nitrogen and oxygen atoms in total. The Hall–Kier alpha value is -0.860. The fourth-order valence-electron chi connectivity index (χ4n) is 3.96. The van der Waals surface area contributed by atoms with Gasteiger partial charge in [0.25, 0.3) is 0 Å². The molecule has 0 amide bonds. The van der Waals surface area contributed by atoms with E-state index in [9.17, 15) is 0 Å². The number of hydrogen-bond acceptors (Lipinski definition) is 2. The molecule has 2 rings (SSSR count). The summed E-state index contributed by atoms with van der Waals surface area (Å²) < 4.78 is 6.50. The van der Waals surface area contributed by atoms with Crippen molar-refractivity contribution in [2.24, 2.45) is 17.1 Å². The Morgan fingerprint density at radius 2 is 1.90 bits per heavy atom. The summed E-state index contributed by atoms with van der Waals surface area (Å²) in [5.41, 5.74) is 9.11. The van der Waals surface area contributed by atoms with Gasteiger partial charge in [0.15, 0.2) is 0 Å².